The fourth-order valence-corrected chi connectivity index (χ4v) is 3.12. The van der Waals surface area contributed by atoms with Crippen LogP contribution < -0.4 is 4.90 Å². The van der Waals surface area contributed by atoms with Crippen molar-refractivity contribution in [1.82, 2.24) is 9.88 Å². The molecule has 4 heteroatoms. The number of hydrogen-bond donors (Lipinski definition) is 0. The molecule has 4 nitrogen and oxygen atoms in total. The highest BCUT2D eigenvalue weighted by atomic mass is 16.2. The summed E-state index contributed by atoms with van der Waals surface area (Å²) in [5.41, 5.74) is 2.77. The highest BCUT2D eigenvalue weighted by Crippen LogP contribution is 2.21. The van der Waals surface area contributed by atoms with Crippen LogP contribution in [0.2, 0.25) is 0 Å². The fraction of sp³-hybridized carbons (Fsp3) is 0.400. The SMILES string of the molecule is CC(C)N(Cc1ccccc1)C(=O)c1cc(N2CCCC2)ccn1. The highest BCUT2D eigenvalue weighted by Gasteiger charge is 2.21. The minimum atomic E-state index is -0.00472. The van der Waals surface area contributed by atoms with Gasteiger partial charge in [0.1, 0.15) is 5.69 Å². The van der Waals surface area contributed by atoms with Gasteiger partial charge in [0.25, 0.3) is 5.91 Å². The number of anilines is 1. The van der Waals surface area contributed by atoms with E-state index in [2.05, 4.69) is 22.0 Å². The molecule has 1 fully saturated rings. The van der Waals surface area contributed by atoms with Gasteiger partial charge in [0, 0.05) is 37.6 Å². The van der Waals surface area contributed by atoms with Crippen molar-refractivity contribution in [3.63, 3.8) is 0 Å². The third-order valence-electron chi connectivity index (χ3n) is 4.51. The first kappa shape index (κ1) is 16.5. The molecule has 0 bridgehead atoms. The first-order valence-electron chi connectivity index (χ1n) is 8.71. The van der Waals surface area contributed by atoms with E-state index >= 15 is 0 Å². The van der Waals surface area contributed by atoms with Crippen LogP contribution in [0, 0.1) is 0 Å². The number of hydrogen-bond acceptors (Lipinski definition) is 3. The Morgan fingerprint density at radius 2 is 1.88 bits per heavy atom. The first-order valence-corrected chi connectivity index (χ1v) is 8.71. The molecule has 0 atom stereocenters. The third-order valence-corrected chi connectivity index (χ3v) is 4.51. The third kappa shape index (κ3) is 3.75. The Hall–Kier alpha value is -2.36. The van der Waals surface area contributed by atoms with E-state index in [1.807, 2.05) is 49.1 Å². The number of rotatable bonds is 5. The molecule has 24 heavy (non-hydrogen) atoms. The summed E-state index contributed by atoms with van der Waals surface area (Å²) in [4.78, 5) is 21.5. The van der Waals surface area contributed by atoms with Crippen molar-refractivity contribution in [2.45, 2.75) is 39.3 Å². The predicted octanol–water partition coefficient (Wildman–Crippen LogP) is 3.73. The minimum Gasteiger partial charge on any atom is -0.371 e. The van der Waals surface area contributed by atoms with Crippen LogP contribution in [0.15, 0.2) is 48.7 Å². The number of pyridine rings is 1. The second kappa shape index (κ2) is 7.47. The van der Waals surface area contributed by atoms with E-state index in [-0.39, 0.29) is 11.9 Å². The molecule has 0 N–H and O–H groups in total. The zero-order valence-electron chi connectivity index (χ0n) is 14.5. The van der Waals surface area contributed by atoms with E-state index in [0.29, 0.717) is 12.2 Å². The highest BCUT2D eigenvalue weighted by molar-refractivity contribution is 5.93. The summed E-state index contributed by atoms with van der Waals surface area (Å²) in [6.45, 7) is 6.83. The monoisotopic (exact) mass is 323 g/mol. The molecule has 3 rings (SSSR count). The molecule has 2 aromatic rings. The number of aromatic nitrogens is 1. The summed E-state index contributed by atoms with van der Waals surface area (Å²) < 4.78 is 0. The molecule has 1 amide bonds. The standard InChI is InChI=1S/C20H25N3O/c1-16(2)23(15-17-8-4-3-5-9-17)20(24)19-14-18(10-11-21-19)22-12-6-7-13-22/h3-5,8-11,14,16H,6-7,12-13,15H2,1-2H3. The Bertz CT molecular complexity index is 678. The van der Waals surface area contributed by atoms with Gasteiger partial charge >= 0.3 is 0 Å². The second-order valence-electron chi connectivity index (χ2n) is 6.61. The van der Waals surface area contributed by atoms with Gasteiger partial charge in [-0.1, -0.05) is 30.3 Å². The molecule has 0 unspecified atom stereocenters. The molecule has 0 saturated carbocycles. The molecule has 126 valence electrons. The normalized spacial score (nSPS) is 14.2. The van der Waals surface area contributed by atoms with E-state index in [9.17, 15) is 4.79 Å². The maximum absolute atomic E-state index is 13.0. The van der Waals surface area contributed by atoms with Crippen molar-refractivity contribution in [1.29, 1.82) is 0 Å². The van der Waals surface area contributed by atoms with Gasteiger partial charge in [0.05, 0.1) is 0 Å². The van der Waals surface area contributed by atoms with Crippen LogP contribution in [0.1, 0.15) is 42.7 Å². The van der Waals surface area contributed by atoms with Gasteiger partial charge < -0.3 is 9.80 Å². The maximum Gasteiger partial charge on any atom is 0.273 e. The molecular weight excluding hydrogens is 298 g/mol. The Morgan fingerprint density at radius 1 is 1.17 bits per heavy atom. The Morgan fingerprint density at radius 3 is 2.54 bits per heavy atom. The van der Waals surface area contributed by atoms with Crippen molar-refractivity contribution in [3.05, 3.63) is 59.9 Å². The second-order valence-corrected chi connectivity index (χ2v) is 6.61. The zero-order valence-corrected chi connectivity index (χ0v) is 14.5. The van der Waals surface area contributed by atoms with Crippen LogP contribution in [-0.2, 0) is 6.54 Å². The van der Waals surface area contributed by atoms with Gasteiger partial charge in [-0.05, 0) is 44.4 Å². The van der Waals surface area contributed by atoms with E-state index in [1.54, 1.807) is 6.20 Å². The summed E-state index contributed by atoms with van der Waals surface area (Å²) >= 11 is 0. The lowest BCUT2D eigenvalue weighted by molar-refractivity contribution is 0.0684. The zero-order chi connectivity index (χ0) is 16.9. The molecule has 1 aliphatic heterocycles. The summed E-state index contributed by atoms with van der Waals surface area (Å²) in [6, 6.07) is 14.2. The van der Waals surface area contributed by atoms with Crippen LogP contribution in [-0.4, -0.2) is 34.9 Å². The number of carbonyl (C=O) groups is 1. The average molecular weight is 323 g/mol. The lowest BCUT2D eigenvalue weighted by Crippen LogP contribution is -2.37. The molecule has 1 aliphatic rings. The Kier molecular flexibility index (Phi) is 5.14. The first-order chi connectivity index (χ1) is 11.6. The van der Waals surface area contributed by atoms with E-state index < -0.39 is 0 Å². The lowest BCUT2D eigenvalue weighted by atomic mass is 10.1. The van der Waals surface area contributed by atoms with Crippen LogP contribution in [0.3, 0.4) is 0 Å². The number of nitrogens with zero attached hydrogens (tertiary/aromatic N) is 3. The summed E-state index contributed by atoms with van der Waals surface area (Å²) in [5.74, 6) is -0.00472. The molecule has 1 aromatic carbocycles. The Labute approximate surface area is 144 Å². The average Bonchev–Trinajstić information content (AvgIpc) is 3.14. The smallest absolute Gasteiger partial charge is 0.273 e. The number of amides is 1. The number of benzene rings is 1. The largest absolute Gasteiger partial charge is 0.371 e. The van der Waals surface area contributed by atoms with Gasteiger partial charge in [0.2, 0.25) is 0 Å². The van der Waals surface area contributed by atoms with Gasteiger partial charge in [-0.3, -0.25) is 9.78 Å². The van der Waals surface area contributed by atoms with Crippen molar-refractivity contribution in [3.8, 4) is 0 Å². The molecule has 0 radical (unpaired) electrons. The van der Waals surface area contributed by atoms with Crippen LogP contribution in [0.25, 0.3) is 0 Å². The van der Waals surface area contributed by atoms with Gasteiger partial charge in [-0.15, -0.1) is 0 Å². The van der Waals surface area contributed by atoms with Gasteiger partial charge in [0.15, 0.2) is 0 Å². The molecule has 0 spiro atoms. The molecule has 2 heterocycles. The molecule has 1 aromatic heterocycles. The molecular formula is C20H25N3O. The van der Waals surface area contributed by atoms with E-state index in [4.69, 9.17) is 0 Å². The van der Waals surface area contributed by atoms with E-state index in [0.717, 1.165) is 24.3 Å². The van der Waals surface area contributed by atoms with Crippen molar-refractivity contribution in [2.75, 3.05) is 18.0 Å². The van der Waals surface area contributed by atoms with Crippen LogP contribution >= 0.6 is 0 Å². The van der Waals surface area contributed by atoms with Crippen molar-refractivity contribution >= 4 is 11.6 Å². The van der Waals surface area contributed by atoms with Crippen LogP contribution in [0.5, 0.6) is 0 Å². The summed E-state index contributed by atoms with van der Waals surface area (Å²) in [6.07, 6.45) is 4.19. The van der Waals surface area contributed by atoms with Gasteiger partial charge in [-0.2, -0.15) is 0 Å². The summed E-state index contributed by atoms with van der Waals surface area (Å²) in [5, 5.41) is 0. The topological polar surface area (TPSA) is 36.4 Å². The quantitative estimate of drug-likeness (QED) is 0.841. The number of carbonyl (C=O) groups excluding carboxylic acids is 1. The summed E-state index contributed by atoms with van der Waals surface area (Å²) in [7, 11) is 0. The van der Waals surface area contributed by atoms with Crippen molar-refractivity contribution < 1.29 is 4.79 Å². The van der Waals surface area contributed by atoms with Crippen LogP contribution in [0.4, 0.5) is 5.69 Å². The maximum atomic E-state index is 13.0. The molecule has 0 aliphatic carbocycles. The fourth-order valence-electron chi connectivity index (χ4n) is 3.12. The van der Waals surface area contributed by atoms with E-state index in [1.165, 1.54) is 12.8 Å². The van der Waals surface area contributed by atoms with Gasteiger partial charge in [-0.25, -0.2) is 0 Å². The Balaban J connectivity index is 1.81. The minimum absolute atomic E-state index is 0.00472. The van der Waals surface area contributed by atoms with Crippen molar-refractivity contribution in [2.24, 2.45) is 0 Å². The lowest BCUT2D eigenvalue weighted by Gasteiger charge is -2.27. The molecule has 1 saturated heterocycles. The predicted molar refractivity (Wildman–Crippen MR) is 97.1 cm³/mol.